The van der Waals surface area contributed by atoms with Crippen LogP contribution in [0.25, 0.3) is 0 Å². The van der Waals surface area contributed by atoms with Crippen molar-refractivity contribution in [2.24, 2.45) is 0 Å². The van der Waals surface area contributed by atoms with E-state index >= 15 is 0 Å². The van der Waals surface area contributed by atoms with Crippen LogP contribution in [-0.4, -0.2) is 29.8 Å². The third kappa shape index (κ3) is 3.74. The Bertz CT molecular complexity index is 993. The minimum Gasteiger partial charge on any atom is -0.497 e. The third-order valence-electron chi connectivity index (χ3n) is 3.87. The second-order valence-corrected chi connectivity index (χ2v) is 5.67. The fourth-order valence-electron chi connectivity index (χ4n) is 2.57. The second-order valence-electron chi connectivity index (χ2n) is 5.67. The maximum absolute atomic E-state index is 12.5. The summed E-state index contributed by atoms with van der Waals surface area (Å²) in [5.41, 5.74) is 1.61. The molecule has 2 heterocycles. The first-order chi connectivity index (χ1) is 13.2. The maximum atomic E-state index is 12.5. The first kappa shape index (κ1) is 16.6. The van der Waals surface area contributed by atoms with Crippen LogP contribution in [0.4, 0.5) is 17.2 Å². The van der Waals surface area contributed by atoms with E-state index in [1.165, 1.54) is 6.33 Å². The van der Waals surface area contributed by atoms with Crippen molar-refractivity contribution in [3.8, 4) is 17.2 Å². The van der Waals surface area contributed by atoms with E-state index < -0.39 is 0 Å². The molecule has 2 aromatic carbocycles. The number of anilines is 3. The highest BCUT2D eigenvalue weighted by Gasteiger charge is 2.15. The van der Waals surface area contributed by atoms with Gasteiger partial charge in [-0.25, -0.2) is 9.97 Å². The molecule has 1 aliphatic heterocycles. The number of nitrogens with zero attached hydrogens (tertiary/aromatic N) is 2. The van der Waals surface area contributed by atoms with Gasteiger partial charge in [0.1, 0.15) is 23.6 Å². The predicted molar refractivity (Wildman–Crippen MR) is 98.8 cm³/mol. The van der Waals surface area contributed by atoms with Crippen LogP contribution in [0.5, 0.6) is 17.2 Å². The molecule has 1 aromatic heterocycles. The molecule has 4 rings (SSSR count). The Labute approximate surface area is 155 Å². The average molecular weight is 364 g/mol. The zero-order chi connectivity index (χ0) is 18.6. The first-order valence-corrected chi connectivity index (χ1v) is 8.15. The smallest absolute Gasteiger partial charge is 0.274 e. The third-order valence-corrected chi connectivity index (χ3v) is 3.87. The molecule has 0 aliphatic carbocycles. The minimum atomic E-state index is -0.357. The van der Waals surface area contributed by atoms with Gasteiger partial charge >= 0.3 is 0 Å². The van der Waals surface area contributed by atoms with Crippen molar-refractivity contribution in [2.75, 3.05) is 24.5 Å². The largest absolute Gasteiger partial charge is 0.497 e. The molecule has 0 saturated carbocycles. The van der Waals surface area contributed by atoms with Gasteiger partial charge in [-0.1, -0.05) is 6.07 Å². The Balaban J connectivity index is 1.49. The summed E-state index contributed by atoms with van der Waals surface area (Å²) in [4.78, 5) is 20.7. The molecule has 0 bridgehead atoms. The number of hydrogen-bond acceptors (Lipinski definition) is 7. The SMILES string of the molecule is COc1cccc(Nc2cc(C(=O)Nc3ccc4c(c3)OCO4)ncn2)c1. The molecule has 1 amide bonds. The van der Waals surface area contributed by atoms with E-state index in [-0.39, 0.29) is 18.4 Å². The quantitative estimate of drug-likeness (QED) is 0.718. The number of nitrogens with one attached hydrogen (secondary N) is 2. The van der Waals surface area contributed by atoms with Crippen molar-refractivity contribution in [3.63, 3.8) is 0 Å². The van der Waals surface area contributed by atoms with E-state index in [9.17, 15) is 4.79 Å². The number of amides is 1. The number of aromatic nitrogens is 2. The summed E-state index contributed by atoms with van der Waals surface area (Å²) in [6.07, 6.45) is 1.33. The van der Waals surface area contributed by atoms with Crippen LogP contribution in [0, 0.1) is 0 Å². The van der Waals surface area contributed by atoms with Gasteiger partial charge in [0.2, 0.25) is 6.79 Å². The summed E-state index contributed by atoms with van der Waals surface area (Å²) < 4.78 is 15.8. The van der Waals surface area contributed by atoms with E-state index in [0.29, 0.717) is 23.0 Å². The predicted octanol–water partition coefficient (Wildman–Crippen LogP) is 3.21. The van der Waals surface area contributed by atoms with Crippen LogP contribution in [0.15, 0.2) is 54.9 Å². The Kier molecular flexibility index (Phi) is 4.44. The van der Waals surface area contributed by atoms with E-state index in [1.54, 1.807) is 31.4 Å². The van der Waals surface area contributed by atoms with Crippen molar-refractivity contribution >= 4 is 23.1 Å². The van der Waals surface area contributed by atoms with Crippen LogP contribution in [0.2, 0.25) is 0 Å². The molecule has 0 saturated heterocycles. The summed E-state index contributed by atoms with van der Waals surface area (Å²) in [5.74, 6) is 2.10. The average Bonchev–Trinajstić information content (AvgIpc) is 3.16. The van der Waals surface area contributed by atoms with Gasteiger partial charge in [0.15, 0.2) is 11.5 Å². The van der Waals surface area contributed by atoms with Gasteiger partial charge in [0.05, 0.1) is 7.11 Å². The number of rotatable bonds is 5. The van der Waals surface area contributed by atoms with Crippen LogP contribution in [0.3, 0.4) is 0 Å². The highest BCUT2D eigenvalue weighted by atomic mass is 16.7. The molecule has 0 spiro atoms. The Morgan fingerprint density at radius 3 is 2.81 bits per heavy atom. The molecule has 8 heteroatoms. The van der Waals surface area contributed by atoms with Crippen LogP contribution in [-0.2, 0) is 0 Å². The van der Waals surface area contributed by atoms with Crippen molar-refractivity contribution in [2.45, 2.75) is 0 Å². The van der Waals surface area contributed by atoms with Crippen LogP contribution in [0.1, 0.15) is 10.5 Å². The normalized spacial score (nSPS) is 11.7. The summed E-state index contributed by atoms with van der Waals surface area (Å²) in [7, 11) is 1.60. The summed E-state index contributed by atoms with van der Waals surface area (Å²) in [5, 5.41) is 5.91. The number of carbonyl (C=O) groups excluding carboxylic acids is 1. The lowest BCUT2D eigenvalue weighted by Gasteiger charge is -2.09. The molecule has 0 radical (unpaired) electrons. The molecule has 8 nitrogen and oxygen atoms in total. The molecule has 136 valence electrons. The minimum absolute atomic E-state index is 0.179. The van der Waals surface area contributed by atoms with Gasteiger partial charge in [-0.15, -0.1) is 0 Å². The number of carbonyl (C=O) groups is 1. The molecule has 0 fully saturated rings. The topological polar surface area (TPSA) is 94.6 Å². The zero-order valence-electron chi connectivity index (χ0n) is 14.4. The molecule has 1 aliphatic rings. The van der Waals surface area contributed by atoms with Gasteiger partial charge in [-0.2, -0.15) is 0 Å². The lowest BCUT2D eigenvalue weighted by atomic mass is 10.2. The second kappa shape index (κ2) is 7.20. The number of ether oxygens (including phenoxy) is 3. The highest BCUT2D eigenvalue weighted by molar-refractivity contribution is 6.03. The Hall–Kier alpha value is -3.81. The standard InChI is InChI=1S/C19H16N4O4/c1-25-14-4-2-3-12(7-14)22-18-9-15(20-10-21-18)19(24)23-13-5-6-16-17(8-13)27-11-26-16/h2-10H,11H2,1H3,(H,23,24)(H,20,21,22). The van der Waals surface area contributed by atoms with Crippen molar-refractivity contribution in [1.82, 2.24) is 9.97 Å². The van der Waals surface area contributed by atoms with Gasteiger partial charge < -0.3 is 24.8 Å². The number of hydrogen-bond donors (Lipinski definition) is 2. The van der Waals surface area contributed by atoms with E-state index in [2.05, 4.69) is 20.6 Å². The Morgan fingerprint density at radius 1 is 1.04 bits per heavy atom. The van der Waals surface area contributed by atoms with Gasteiger partial charge in [-0.05, 0) is 24.3 Å². The number of benzene rings is 2. The summed E-state index contributed by atoms with van der Waals surface area (Å²) in [6, 6.07) is 14.2. The molecule has 2 N–H and O–H groups in total. The molecule has 0 atom stereocenters. The zero-order valence-corrected chi connectivity index (χ0v) is 14.4. The van der Waals surface area contributed by atoms with Crippen LogP contribution < -0.4 is 24.8 Å². The van der Waals surface area contributed by atoms with E-state index in [4.69, 9.17) is 14.2 Å². The monoisotopic (exact) mass is 364 g/mol. The summed E-state index contributed by atoms with van der Waals surface area (Å²) >= 11 is 0. The van der Waals surface area contributed by atoms with E-state index in [0.717, 1.165) is 11.4 Å². The van der Waals surface area contributed by atoms with Crippen molar-refractivity contribution < 1.29 is 19.0 Å². The highest BCUT2D eigenvalue weighted by Crippen LogP contribution is 2.34. The van der Waals surface area contributed by atoms with Crippen molar-refractivity contribution in [3.05, 3.63) is 60.6 Å². The van der Waals surface area contributed by atoms with Crippen molar-refractivity contribution in [1.29, 1.82) is 0 Å². The lowest BCUT2D eigenvalue weighted by molar-refractivity contribution is 0.102. The van der Waals surface area contributed by atoms with Gasteiger partial charge in [0.25, 0.3) is 5.91 Å². The molecule has 27 heavy (non-hydrogen) atoms. The number of methoxy groups -OCH3 is 1. The summed E-state index contributed by atoms with van der Waals surface area (Å²) in [6.45, 7) is 0.179. The molecule has 0 unspecified atom stereocenters. The fourth-order valence-corrected chi connectivity index (χ4v) is 2.57. The first-order valence-electron chi connectivity index (χ1n) is 8.15. The van der Waals surface area contributed by atoms with Gasteiger partial charge in [0, 0.05) is 29.6 Å². The molecule has 3 aromatic rings. The van der Waals surface area contributed by atoms with Crippen LogP contribution >= 0.6 is 0 Å². The molecular formula is C19H16N4O4. The Morgan fingerprint density at radius 2 is 1.93 bits per heavy atom. The fraction of sp³-hybridized carbons (Fsp3) is 0.105. The maximum Gasteiger partial charge on any atom is 0.274 e. The van der Waals surface area contributed by atoms with Gasteiger partial charge in [-0.3, -0.25) is 4.79 Å². The van der Waals surface area contributed by atoms with E-state index in [1.807, 2.05) is 24.3 Å². The molecular weight excluding hydrogens is 348 g/mol. The lowest BCUT2D eigenvalue weighted by Crippen LogP contribution is -2.14. The number of fused-ring (bicyclic) bond motifs is 1.